The molecule has 82 valence electrons. The van der Waals surface area contributed by atoms with Gasteiger partial charge in [-0.3, -0.25) is 0 Å². The van der Waals surface area contributed by atoms with Crippen molar-refractivity contribution >= 4 is 5.95 Å². The van der Waals surface area contributed by atoms with Gasteiger partial charge in [-0.25, -0.2) is 9.97 Å². The maximum atomic E-state index is 5.86. The zero-order chi connectivity index (χ0) is 10.5. The summed E-state index contributed by atoms with van der Waals surface area (Å²) in [5, 5.41) is 3.27. The minimum absolute atomic E-state index is 0.425. The molecular weight excluding hydrogens is 188 g/mol. The van der Waals surface area contributed by atoms with Crippen molar-refractivity contribution in [1.82, 2.24) is 9.97 Å². The molecule has 0 unspecified atom stereocenters. The van der Waals surface area contributed by atoms with Crippen LogP contribution in [0.25, 0.3) is 0 Å². The van der Waals surface area contributed by atoms with Gasteiger partial charge >= 0.3 is 0 Å². The van der Waals surface area contributed by atoms with Crippen LogP contribution < -0.4 is 11.1 Å². The van der Waals surface area contributed by atoms with E-state index in [9.17, 15) is 0 Å². The Morgan fingerprint density at radius 1 is 1.20 bits per heavy atom. The molecule has 0 saturated heterocycles. The van der Waals surface area contributed by atoms with Crippen molar-refractivity contribution in [1.29, 1.82) is 0 Å². The highest BCUT2D eigenvalue weighted by atomic mass is 15.1. The molecule has 0 aliphatic heterocycles. The van der Waals surface area contributed by atoms with E-state index < -0.39 is 0 Å². The van der Waals surface area contributed by atoms with Crippen LogP contribution in [0.2, 0.25) is 0 Å². The van der Waals surface area contributed by atoms with E-state index in [4.69, 9.17) is 5.73 Å². The number of nitrogens with zero attached hydrogens (tertiary/aromatic N) is 2. The van der Waals surface area contributed by atoms with E-state index in [1.807, 2.05) is 6.07 Å². The number of rotatable bonds is 3. The summed E-state index contributed by atoms with van der Waals surface area (Å²) in [5.74, 6) is 1.46. The Labute approximate surface area is 90.3 Å². The molecule has 0 amide bonds. The van der Waals surface area contributed by atoms with Crippen LogP contribution in [0, 0.1) is 5.92 Å². The summed E-state index contributed by atoms with van der Waals surface area (Å²) in [4.78, 5) is 8.26. The Kier molecular flexibility index (Phi) is 3.50. The lowest BCUT2D eigenvalue weighted by molar-refractivity contribution is 0.338. The van der Waals surface area contributed by atoms with Gasteiger partial charge in [-0.1, -0.05) is 0 Å². The average molecular weight is 206 g/mol. The van der Waals surface area contributed by atoms with Crippen LogP contribution in [0.3, 0.4) is 0 Å². The van der Waals surface area contributed by atoms with Crippen molar-refractivity contribution < 1.29 is 0 Å². The zero-order valence-corrected chi connectivity index (χ0v) is 8.89. The van der Waals surface area contributed by atoms with Gasteiger partial charge in [0.25, 0.3) is 0 Å². The smallest absolute Gasteiger partial charge is 0.222 e. The molecule has 4 nitrogen and oxygen atoms in total. The van der Waals surface area contributed by atoms with Gasteiger partial charge in [-0.05, 0) is 37.7 Å². The van der Waals surface area contributed by atoms with Crippen LogP contribution in [0.1, 0.15) is 25.7 Å². The second-order valence-electron chi connectivity index (χ2n) is 4.23. The number of anilines is 1. The van der Waals surface area contributed by atoms with Crippen molar-refractivity contribution in [2.75, 3.05) is 11.9 Å². The van der Waals surface area contributed by atoms with Gasteiger partial charge in [-0.15, -0.1) is 0 Å². The Balaban J connectivity index is 1.74. The van der Waals surface area contributed by atoms with Crippen molar-refractivity contribution in [2.45, 2.75) is 31.7 Å². The van der Waals surface area contributed by atoms with Crippen molar-refractivity contribution in [3.8, 4) is 0 Å². The van der Waals surface area contributed by atoms with E-state index in [1.165, 1.54) is 12.8 Å². The Hall–Kier alpha value is -1.16. The third-order valence-corrected chi connectivity index (χ3v) is 3.01. The lowest BCUT2D eigenvalue weighted by Crippen LogP contribution is -2.29. The molecule has 15 heavy (non-hydrogen) atoms. The molecule has 2 rings (SSSR count). The van der Waals surface area contributed by atoms with Crippen LogP contribution in [0.4, 0.5) is 5.95 Å². The number of hydrogen-bond donors (Lipinski definition) is 2. The third-order valence-electron chi connectivity index (χ3n) is 3.01. The number of hydrogen-bond acceptors (Lipinski definition) is 4. The highest BCUT2D eigenvalue weighted by Gasteiger charge is 2.18. The quantitative estimate of drug-likeness (QED) is 0.784. The van der Waals surface area contributed by atoms with E-state index in [2.05, 4.69) is 15.3 Å². The van der Waals surface area contributed by atoms with Gasteiger partial charge in [0, 0.05) is 25.0 Å². The maximum Gasteiger partial charge on any atom is 0.222 e. The Morgan fingerprint density at radius 2 is 1.87 bits per heavy atom. The molecule has 1 aromatic rings. The second-order valence-corrected chi connectivity index (χ2v) is 4.23. The lowest BCUT2D eigenvalue weighted by Gasteiger charge is -2.25. The van der Waals surface area contributed by atoms with Crippen molar-refractivity contribution in [3.63, 3.8) is 0 Å². The molecule has 0 radical (unpaired) electrons. The molecule has 1 aliphatic carbocycles. The van der Waals surface area contributed by atoms with Crippen LogP contribution >= 0.6 is 0 Å². The molecule has 1 aromatic heterocycles. The average Bonchev–Trinajstić information content (AvgIpc) is 2.30. The fourth-order valence-corrected chi connectivity index (χ4v) is 2.02. The fraction of sp³-hybridized carbons (Fsp3) is 0.636. The van der Waals surface area contributed by atoms with Gasteiger partial charge in [0.15, 0.2) is 0 Å². The summed E-state index contributed by atoms with van der Waals surface area (Å²) in [5.41, 5.74) is 5.86. The van der Waals surface area contributed by atoms with Gasteiger partial charge in [0.1, 0.15) is 0 Å². The number of nitrogens with one attached hydrogen (secondary N) is 1. The summed E-state index contributed by atoms with van der Waals surface area (Å²) in [6.45, 7) is 0.969. The summed E-state index contributed by atoms with van der Waals surface area (Å²) < 4.78 is 0. The first-order chi connectivity index (χ1) is 7.34. The second kappa shape index (κ2) is 5.07. The number of nitrogens with two attached hydrogens (primary N) is 1. The molecule has 0 aromatic carbocycles. The normalized spacial score (nSPS) is 26.2. The van der Waals surface area contributed by atoms with Crippen LogP contribution in [0.15, 0.2) is 18.5 Å². The first kappa shape index (κ1) is 10.4. The molecule has 3 N–H and O–H groups in total. The standard InChI is InChI=1S/C11H18N4/c12-10-4-2-9(3-5-10)8-15-11-13-6-1-7-14-11/h1,6-7,9-10H,2-5,8,12H2,(H,13,14,15). The van der Waals surface area contributed by atoms with E-state index >= 15 is 0 Å². The van der Waals surface area contributed by atoms with Crippen molar-refractivity contribution in [3.05, 3.63) is 18.5 Å². The predicted molar refractivity (Wildman–Crippen MR) is 60.5 cm³/mol. The SMILES string of the molecule is NC1CCC(CNc2ncccn2)CC1. The van der Waals surface area contributed by atoms with Gasteiger partial charge in [0.2, 0.25) is 5.95 Å². The minimum Gasteiger partial charge on any atom is -0.354 e. The first-order valence-electron chi connectivity index (χ1n) is 5.61. The van der Waals surface area contributed by atoms with E-state index in [0.717, 1.165) is 31.3 Å². The van der Waals surface area contributed by atoms with Gasteiger partial charge in [-0.2, -0.15) is 0 Å². The molecular formula is C11H18N4. The highest BCUT2D eigenvalue weighted by molar-refractivity contribution is 5.21. The predicted octanol–water partition coefficient (Wildman–Crippen LogP) is 1.41. The van der Waals surface area contributed by atoms with E-state index in [-0.39, 0.29) is 0 Å². The molecule has 0 spiro atoms. The fourth-order valence-electron chi connectivity index (χ4n) is 2.02. The molecule has 1 heterocycles. The Bertz CT molecular complexity index is 280. The lowest BCUT2D eigenvalue weighted by atomic mass is 9.86. The summed E-state index contributed by atoms with van der Waals surface area (Å²) >= 11 is 0. The van der Waals surface area contributed by atoms with Gasteiger partial charge < -0.3 is 11.1 Å². The molecule has 1 aliphatic rings. The van der Waals surface area contributed by atoms with E-state index in [0.29, 0.717) is 6.04 Å². The van der Waals surface area contributed by atoms with Gasteiger partial charge in [0.05, 0.1) is 0 Å². The molecule has 1 fully saturated rings. The molecule has 0 atom stereocenters. The topological polar surface area (TPSA) is 63.8 Å². The maximum absolute atomic E-state index is 5.86. The monoisotopic (exact) mass is 206 g/mol. The summed E-state index contributed by atoms with van der Waals surface area (Å²) in [7, 11) is 0. The minimum atomic E-state index is 0.425. The van der Waals surface area contributed by atoms with Crippen LogP contribution in [-0.2, 0) is 0 Å². The molecule has 4 heteroatoms. The largest absolute Gasteiger partial charge is 0.354 e. The number of aromatic nitrogens is 2. The zero-order valence-electron chi connectivity index (χ0n) is 8.89. The van der Waals surface area contributed by atoms with Crippen molar-refractivity contribution in [2.24, 2.45) is 11.7 Å². The van der Waals surface area contributed by atoms with Crippen LogP contribution in [0.5, 0.6) is 0 Å². The molecule has 1 saturated carbocycles. The third kappa shape index (κ3) is 3.16. The van der Waals surface area contributed by atoms with E-state index in [1.54, 1.807) is 12.4 Å². The van der Waals surface area contributed by atoms with Crippen LogP contribution in [-0.4, -0.2) is 22.6 Å². The first-order valence-corrected chi connectivity index (χ1v) is 5.61. The summed E-state index contributed by atoms with van der Waals surface area (Å²) in [6, 6.07) is 2.25. The Morgan fingerprint density at radius 3 is 2.53 bits per heavy atom. The summed E-state index contributed by atoms with van der Waals surface area (Å²) in [6.07, 6.45) is 8.27. The highest BCUT2D eigenvalue weighted by Crippen LogP contribution is 2.22. The molecule has 0 bridgehead atoms.